The highest BCUT2D eigenvalue weighted by Gasteiger charge is 2.30. The van der Waals surface area contributed by atoms with E-state index >= 15 is 0 Å². The molecule has 2 amide bonds. The van der Waals surface area contributed by atoms with Crippen LogP contribution in [-0.4, -0.2) is 30.9 Å². The molecule has 154 valence electrons. The van der Waals surface area contributed by atoms with Gasteiger partial charge in [0.05, 0.1) is 5.56 Å². The van der Waals surface area contributed by atoms with Gasteiger partial charge in [-0.1, -0.05) is 18.2 Å². The van der Waals surface area contributed by atoms with E-state index in [0.717, 1.165) is 35.4 Å². The molecule has 9 heteroatoms. The summed E-state index contributed by atoms with van der Waals surface area (Å²) < 4.78 is 42.3. The number of benzene rings is 2. The van der Waals surface area contributed by atoms with E-state index < -0.39 is 42.7 Å². The zero-order chi connectivity index (χ0) is 21.6. The molecule has 0 aliphatic rings. The van der Waals surface area contributed by atoms with Crippen molar-refractivity contribution in [2.75, 3.05) is 18.5 Å². The predicted octanol–water partition coefficient (Wildman–Crippen LogP) is 3.23. The van der Waals surface area contributed by atoms with Crippen molar-refractivity contribution < 1.29 is 32.3 Å². The topological polar surface area (TPSA) is 84.5 Å². The summed E-state index contributed by atoms with van der Waals surface area (Å²) in [7, 11) is 0. The zero-order valence-corrected chi connectivity index (χ0v) is 15.7. The number of carbonyl (C=O) groups excluding carboxylic acids is 3. The minimum atomic E-state index is -4.50. The number of halogens is 3. The Morgan fingerprint density at radius 1 is 0.966 bits per heavy atom. The van der Waals surface area contributed by atoms with E-state index in [2.05, 4.69) is 10.6 Å². The van der Waals surface area contributed by atoms with Gasteiger partial charge in [-0.3, -0.25) is 14.4 Å². The Bertz CT molecular complexity index is 889. The molecule has 0 aromatic heterocycles. The molecule has 0 atom stereocenters. The number of hydrogen-bond acceptors (Lipinski definition) is 4. The Hall–Kier alpha value is -3.36. The van der Waals surface area contributed by atoms with E-state index in [4.69, 9.17) is 4.74 Å². The highest BCUT2D eigenvalue weighted by Crippen LogP contribution is 2.29. The summed E-state index contributed by atoms with van der Waals surface area (Å²) in [6.07, 6.45) is -4.50. The quantitative estimate of drug-likeness (QED) is 0.719. The van der Waals surface area contributed by atoms with Crippen molar-refractivity contribution in [2.45, 2.75) is 20.0 Å². The molecule has 0 aliphatic carbocycles. The molecule has 0 saturated heterocycles. The van der Waals surface area contributed by atoms with Crippen molar-refractivity contribution >= 4 is 23.5 Å². The van der Waals surface area contributed by atoms with Gasteiger partial charge >= 0.3 is 12.1 Å². The maximum Gasteiger partial charge on any atom is 0.416 e. The third-order valence-corrected chi connectivity index (χ3v) is 3.98. The summed E-state index contributed by atoms with van der Waals surface area (Å²) in [5.41, 5.74) is 1.41. The molecule has 0 radical (unpaired) electrons. The summed E-state index contributed by atoms with van der Waals surface area (Å²) in [5, 5.41) is 4.87. The van der Waals surface area contributed by atoms with E-state index in [9.17, 15) is 27.6 Å². The molecule has 2 N–H and O–H groups in total. The van der Waals surface area contributed by atoms with E-state index in [1.165, 1.54) is 0 Å². The molecule has 6 nitrogen and oxygen atoms in total. The molecular formula is C20H19F3N2O4. The van der Waals surface area contributed by atoms with E-state index in [1.54, 1.807) is 0 Å². The van der Waals surface area contributed by atoms with Crippen molar-refractivity contribution in [1.82, 2.24) is 5.32 Å². The van der Waals surface area contributed by atoms with E-state index in [1.807, 2.05) is 32.0 Å². The summed E-state index contributed by atoms with van der Waals surface area (Å²) in [5.74, 6) is -2.14. The Morgan fingerprint density at radius 2 is 1.55 bits per heavy atom. The van der Waals surface area contributed by atoms with Gasteiger partial charge in [-0.05, 0) is 49.2 Å². The van der Waals surface area contributed by atoms with E-state index in [0.29, 0.717) is 5.69 Å². The van der Waals surface area contributed by atoms with Gasteiger partial charge in [0, 0.05) is 11.3 Å². The average molecular weight is 408 g/mol. The lowest BCUT2D eigenvalue weighted by atomic mass is 10.1. The fraction of sp³-hybridized carbons (Fsp3) is 0.250. The van der Waals surface area contributed by atoms with Crippen LogP contribution in [0.3, 0.4) is 0 Å². The molecule has 0 saturated carbocycles. The summed E-state index contributed by atoms with van der Waals surface area (Å²) in [6.45, 7) is 2.58. The largest absolute Gasteiger partial charge is 0.454 e. The second-order valence-electron chi connectivity index (χ2n) is 6.23. The Balaban J connectivity index is 1.79. The number of amides is 2. The average Bonchev–Trinajstić information content (AvgIpc) is 2.67. The first kappa shape index (κ1) is 21.9. The van der Waals surface area contributed by atoms with Crippen LogP contribution in [0.25, 0.3) is 0 Å². The Labute approximate surface area is 165 Å². The van der Waals surface area contributed by atoms with Crippen LogP contribution >= 0.6 is 0 Å². The molecule has 0 aliphatic heterocycles. The molecule has 0 spiro atoms. The maximum absolute atomic E-state index is 12.5. The van der Waals surface area contributed by atoms with Crippen molar-refractivity contribution in [3.63, 3.8) is 0 Å². The molecule has 0 unspecified atom stereocenters. The number of hydrogen-bond donors (Lipinski definition) is 2. The number of ether oxygens (including phenoxy) is 1. The first-order valence-corrected chi connectivity index (χ1v) is 8.55. The number of aryl methyl sites for hydroxylation is 2. The SMILES string of the molecule is Cc1cccc(C)c1NC(=O)COC(=O)CNC(=O)c1ccc(C(F)(F)F)cc1. The lowest BCUT2D eigenvalue weighted by molar-refractivity contribution is -0.146. The highest BCUT2D eigenvalue weighted by molar-refractivity contribution is 5.97. The van der Waals surface area contributed by atoms with Crippen LogP contribution in [0.1, 0.15) is 27.0 Å². The monoisotopic (exact) mass is 408 g/mol. The van der Waals surface area contributed by atoms with Crippen LogP contribution in [0.2, 0.25) is 0 Å². The van der Waals surface area contributed by atoms with Gasteiger partial charge in [0.2, 0.25) is 0 Å². The van der Waals surface area contributed by atoms with Crippen molar-refractivity contribution in [1.29, 1.82) is 0 Å². The molecular weight excluding hydrogens is 389 g/mol. The molecule has 0 bridgehead atoms. The molecule has 29 heavy (non-hydrogen) atoms. The third-order valence-electron chi connectivity index (χ3n) is 3.98. The van der Waals surface area contributed by atoms with Crippen LogP contribution in [0.4, 0.5) is 18.9 Å². The lowest BCUT2D eigenvalue weighted by Gasteiger charge is -2.12. The second-order valence-corrected chi connectivity index (χ2v) is 6.23. The van der Waals surface area contributed by atoms with Crippen LogP contribution in [-0.2, 0) is 20.5 Å². The number of carbonyl (C=O) groups is 3. The second kappa shape index (κ2) is 9.22. The van der Waals surface area contributed by atoms with Crippen molar-refractivity contribution in [3.05, 3.63) is 64.7 Å². The molecule has 2 aromatic carbocycles. The normalized spacial score (nSPS) is 10.9. The first-order chi connectivity index (χ1) is 13.6. The fourth-order valence-corrected chi connectivity index (χ4v) is 2.45. The van der Waals surface area contributed by atoms with Gasteiger partial charge in [-0.2, -0.15) is 13.2 Å². The standard InChI is InChI=1S/C20H19F3N2O4/c1-12-4-3-5-13(2)18(12)25-16(26)11-29-17(27)10-24-19(28)14-6-8-15(9-7-14)20(21,22)23/h3-9H,10-11H2,1-2H3,(H,24,28)(H,25,26). The van der Waals surface area contributed by atoms with E-state index in [-0.39, 0.29) is 5.56 Å². The molecule has 0 fully saturated rings. The number of rotatable bonds is 6. The van der Waals surface area contributed by atoms with Gasteiger partial charge in [0.1, 0.15) is 6.54 Å². The number of anilines is 1. The minimum absolute atomic E-state index is 0.0430. The van der Waals surface area contributed by atoms with Crippen LogP contribution in [0, 0.1) is 13.8 Å². The number of esters is 1. The van der Waals surface area contributed by atoms with Gasteiger partial charge in [-0.15, -0.1) is 0 Å². The fourth-order valence-electron chi connectivity index (χ4n) is 2.45. The Morgan fingerprint density at radius 3 is 2.10 bits per heavy atom. The zero-order valence-electron chi connectivity index (χ0n) is 15.7. The van der Waals surface area contributed by atoms with Gasteiger partial charge in [-0.25, -0.2) is 0 Å². The minimum Gasteiger partial charge on any atom is -0.454 e. The first-order valence-electron chi connectivity index (χ1n) is 8.55. The number of nitrogens with one attached hydrogen (secondary N) is 2. The summed E-state index contributed by atoms with van der Waals surface area (Å²) in [4.78, 5) is 35.5. The van der Waals surface area contributed by atoms with Crippen LogP contribution in [0.5, 0.6) is 0 Å². The van der Waals surface area contributed by atoms with Gasteiger partial charge in [0.25, 0.3) is 11.8 Å². The maximum atomic E-state index is 12.5. The lowest BCUT2D eigenvalue weighted by Crippen LogP contribution is -2.32. The van der Waals surface area contributed by atoms with Gasteiger partial charge in [0.15, 0.2) is 6.61 Å². The molecule has 0 heterocycles. The highest BCUT2D eigenvalue weighted by atomic mass is 19.4. The van der Waals surface area contributed by atoms with Crippen molar-refractivity contribution in [3.8, 4) is 0 Å². The Kier molecular flexibility index (Phi) is 6.98. The van der Waals surface area contributed by atoms with Crippen LogP contribution < -0.4 is 10.6 Å². The third kappa shape index (κ3) is 6.34. The predicted molar refractivity (Wildman–Crippen MR) is 99.3 cm³/mol. The van der Waals surface area contributed by atoms with Crippen molar-refractivity contribution in [2.24, 2.45) is 0 Å². The summed E-state index contributed by atoms with van der Waals surface area (Å²) in [6, 6.07) is 9.04. The van der Waals surface area contributed by atoms with Crippen LogP contribution in [0.15, 0.2) is 42.5 Å². The summed E-state index contributed by atoms with van der Waals surface area (Å²) >= 11 is 0. The molecule has 2 aromatic rings. The number of alkyl halides is 3. The molecule has 2 rings (SSSR count). The van der Waals surface area contributed by atoms with Gasteiger partial charge < -0.3 is 15.4 Å². The smallest absolute Gasteiger partial charge is 0.416 e. The number of para-hydroxylation sites is 1.